The molecule has 2 aliphatic heterocycles. The van der Waals surface area contributed by atoms with Crippen molar-refractivity contribution in [3.05, 3.63) is 0 Å². The molecule has 0 aromatic heterocycles. The molecule has 110 valence electrons. The quantitative estimate of drug-likeness (QED) is 0.845. The Morgan fingerprint density at radius 2 is 1.79 bits per heavy atom. The zero-order valence-corrected chi connectivity index (χ0v) is 12.6. The largest absolute Gasteiger partial charge is 0.381 e. The van der Waals surface area contributed by atoms with Crippen LogP contribution in [0.2, 0.25) is 0 Å². The van der Waals surface area contributed by atoms with Crippen LogP contribution in [0.3, 0.4) is 0 Å². The maximum Gasteiger partial charge on any atom is 0.0586 e. The standard InChI is InChI=1S/C16H30N2O/c1-18-14-6-7-15(18)9-12(8-14)11-17-13-4-3-5-16(10-13)19-2/h12-17H,3-11H2,1-2H3. The molecule has 3 nitrogen and oxygen atoms in total. The average Bonchev–Trinajstić information content (AvgIpc) is 2.68. The molecule has 0 radical (unpaired) electrons. The van der Waals surface area contributed by atoms with Gasteiger partial charge in [0.25, 0.3) is 0 Å². The summed E-state index contributed by atoms with van der Waals surface area (Å²) in [6, 6.07) is 2.46. The van der Waals surface area contributed by atoms with Crippen LogP contribution in [0.4, 0.5) is 0 Å². The van der Waals surface area contributed by atoms with Crippen LogP contribution in [0.5, 0.6) is 0 Å². The lowest BCUT2D eigenvalue weighted by Crippen LogP contribution is -2.45. The summed E-state index contributed by atoms with van der Waals surface area (Å²) in [6.45, 7) is 1.24. The predicted molar refractivity (Wildman–Crippen MR) is 78.4 cm³/mol. The number of nitrogens with one attached hydrogen (secondary N) is 1. The van der Waals surface area contributed by atoms with Gasteiger partial charge in [0.2, 0.25) is 0 Å². The number of nitrogens with zero attached hydrogens (tertiary/aromatic N) is 1. The number of fused-ring (bicyclic) bond motifs is 2. The lowest BCUT2D eigenvalue weighted by atomic mass is 9.89. The Bertz CT molecular complexity index is 282. The molecule has 4 unspecified atom stereocenters. The molecule has 1 N–H and O–H groups in total. The van der Waals surface area contributed by atoms with Crippen molar-refractivity contribution in [2.24, 2.45) is 5.92 Å². The maximum absolute atomic E-state index is 5.52. The van der Waals surface area contributed by atoms with E-state index in [2.05, 4.69) is 17.3 Å². The minimum absolute atomic E-state index is 0.500. The highest BCUT2D eigenvalue weighted by atomic mass is 16.5. The summed E-state index contributed by atoms with van der Waals surface area (Å²) in [5.41, 5.74) is 0. The van der Waals surface area contributed by atoms with Crippen LogP contribution in [0.25, 0.3) is 0 Å². The lowest BCUT2D eigenvalue weighted by Gasteiger charge is -2.37. The first-order valence-electron chi connectivity index (χ1n) is 8.24. The molecule has 3 heteroatoms. The number of rotatable bonds is 4. The van der Waals surface area contributed by atoms with Crippen LogP contribution in [-0.2, 0) is 4.74 Å². The van der Waals surface area contributed by atoms with Gasteiger partial charge in [-0.25, -0.2) is 0 Å². The first-order valence-corrected chi connectivity index (χ1v) is 8.24. The van der Waals surface area contributed by atoms with E-state index >= 15 is 0 Å². The van der Waals surface area contributed by atoms with E-state index in [4.69, 9.17) is 4.74 Å². The number of hydrogen-bond acceptors (Lipinski definition) is 3. The molecule has 4 atom stereocenters. The molecular formula is C16H30N2O. The molecule has 2 saturated heterocycles. The topological polar surface area (TPSA) is 24.5 Å². The van der Waals surface area contributed by atoms with Gasteiger partial charge in [-0.15, -0.1) is 0 Å². The summed E-state index contributed by atoms with van der Waals surface area (Å²) in [7, 11) is 4.19. The van der Waals surface area contributed by atoms with Crippen molar-refractivity contribution in [2.75, 3.05) is 20.7 Å². The summed E-state index contributed by atoms with van der Waals surface area (Å²) in [5.74, 6) is 0.914. The highest BCUT2D eigenvalue weighted by Gasteiger charge is 2.38. The summed E-state index contributed by atoms with van der Waals surface area (Å²) in [5, 5.41) is 3.84. The van der Waals surface area contributed by atoms with Gasteiger partial charge in [-0.1, -0.05) is 0 Å². The molecule has 0 spiro atoms. The summed E-state index contributed by atoms with van der Waals surface area (Å²) >= 11 is 0. The predicted octanol–water partition coefficient (Wildman–Crippen LogP) is 2.41. The van der Waals surface area contributed by atoms with Crippen LogP contribution >= 0.6 is 0 Å². The molecule has 2 bridgehead atoms. The van der Waals surface area contributed by atoms with Crippen LogP contribution in [-0.4, -0.2) is 49.8 Å². The molecule has 1 saturated carbocycles. The zero-order valence-electron chi connectivity index (χ0n) is 12.6. The van der Waals surface area contributed by atoms with Gasteiger partial charge in [0, 0.05) is 25.2 Å². The van der Waals surface area contributed by atoms with Crippen LogP contribution in [0, 0.1) is 5.92 Å². The fourth-order valence-corrected chi connectivity index (χ4v) is 4.57. The Hall–Kier alpha value is -0.120. The van der Waals surface area contributed by atoms with E-state index < -0.39 is 0 Å². The molecule has 0 aromatic rings. The van der Waals surface area contributed by atoms with Gasteiger partial charge in [0.15, 0.2) is 0 Å². The van der Waals surface area contributed by atoms with E-state index in [9.17, 15) is 0 Å². The van der Waals surface area contributed by atoms with E-state index in [1.165, 1.54) is 57.9 Å². The third kappa shape index (κ3) is 3.14. The highest BCUT2D eigenvalue weighted by molar-refractivity contribution is 4.94. The van der Waals surface area contributed by atoms with Gasteiger partial charge in [-0.2, -0.15) is 0 Å². The van der Waals surface area contributed by atoms with Gasteiger partial charge in [0.1, 0.15) is 0 Å². The third-order valence-corrected chi connectivity index (χ3v) is 5.85. The van der Waals surface area contributed by atoms with E-state index in [0.29, 0.717) is 12.1 Å². The van der Waals surface area contributed by atoms with Crippen molar-refractivity contribution in [1.29, 1.82) is 0 Å². The molecule has 3 rings (SSSR count). The second kappa shape index (κ2) is 6.11. The Labute approximate surface area is 118 Å². The molecule has 3 fully saturated rings. The van der Waals surface area contributed by atoms with Gasteiger partial charge >= 0.3 is 0 Å². The molecular weight excluding hydrogens is 236 g/mol. The number of methoxy groups -OCH3 is 1. The summed E-state index contributed by atoms with van der Waals surface area (Å²) in [4.78, 5) is 2.64. The summed E-state index contributed by atoms with van der Waals surface area (Å²) in [6.07, 6.45) is 11.4. The SMILES string of the molecule is COC1CCCC(NCC2CC3CCC(C2)N3C)C1. The van der Waals surface area contributed by atoms with Crippen LogP contribution < -0.4 is 5.32 Å². The maximum atomic E-state index is 5.52. The van der Waals surface area contributed by atoms with E-state index in [1.54, 1.807) is 0 Å². The zero-order chi connectivity index (χ0) is 13.2. The smallest absolute Gasteiger partial charge is 0.0586 e. The molecule has 2 heterocycles. The Kier molecular flexibility index (Phi) is 4.45. The van der Waals surface area contributed by atoms with E-state index in [1.807, 2.05) is 7.11 Å². The molecule has 19 heavy (non-hydrogen) atoms. The first kappa shape index (κ1) is 13.8. The van der Waals surface area contributed by atoms with Crippen LogP contribution in [0.15, 0.2) is 0 Å². The van der Waals surface area contributed by atoms with E-state index in [-0.39, 0.29) is 0 Å². The van der Waals surface area contributed by atoms with Crippen molar-refractivity contribution in [2.45, 2.75) is 75.6 Å². The van der Waals surface area contributed by atoms with Crippen molar-refractivity contribution in [1.82, 2.24) is 10.2 Å². The molecule has 3 aliphatic rings. The number of hydrogen-bond donors (Lipinski definition) is 1. The average molecular weight is 266 g/mol. The molecule has 0 aromatic carbocycles. The van der Waals surface area contributed by atoms with Crippen molar-refractivity contribution >= 4 is 0 Å². The van der Waals surface area contributed by atoms with Crippen LogP contribution in [0.1, 0.15) is 51.4 Å². The number of ether oxygens (including phenoxy) is 1. The first-order chi connectivity index (χ1) is 9.26. The normalized spacial score (nSPS) is 43.6. The monoisotopic (exact) mass is 266 g/mol. The molecule has 1 aliphatic carbocycles. The fourth-order valence-electron chi connectivity index (χ4n) is 4.57. The van der Waals surface area contributed by atoms with Gasteiger partial charge in [-0.3, -0.25) is 0 Å². The Morgan fingerprint density at radius 1 is 1.05 bits per heavy atom. The minimum atomic E-state index is 0.500. The van der Waals surface area contributed by atoms with Crippen molar-refractivity contribution in [3.8, 4) is 0 Å². The van der Waals surface area contributed by atoms with Gasteiger partial charge in [-0.05, 0) is 70.9 Å². The van der Waals surface area contributed by atoms with E-state index in [0.717, 1.165) is 18.0 Å². The second-order valence-electron chi connectivity index (χ2n) is 7.02. The minimum Gasteiger partial charge on any atom is -0.381 e. The Morgan fingerprint density at radius 3 is 2.47 bits per heavy atom. The Balaban J connectivity index is 1.43. The lowest BCUT2D eigenvalue weighted by molar-refractivity contribution is 0.0564. The molecule has 0 amide bonds. The summed E-state index contributed by atoms with van der Waals surface area (Å²) < 4.78 is 5.52. The van der Waals surface area contributed by atoms with Crippen molar-refractivity contribution in [3.63, 3.8) is 0 Å². The fraction of sp³-hybridized carbons (Fsp3) is 1.00. The second-order valence-corrected chi connectivity index (χ2v) is 7.02. The van der Waals surface area contributed by atoms with Gasteiger partial charge in [0.05, 0.1) is 6.10 Å². The third-order valence-electron chi connectivity index (χ3n) is 5.85. The van der Waals surface area contributed by atoms with Crippen molar-refractivity contribution < 1.29 is 4.74 Å². The van der Waals surface area contributed by atoms with Gasteiger partial charge < -0.3 is 15.0 Å². The number of piperidine rings is 1. The highest BCUT2D eigenvalue weighted by Crippen LogP contribution is 2.37.